The minimum Gasteiger partial charge on any atom is -0.0654 e. The number of hydrogen-bond donors (Lipinski definition) is 0. The zero-order valence-corrected chi connectivity index (χ0v) is 31.7. The lowest BCUT2D eigenvalue weighted by atomic mass is 9.94. The van der Waals surface area contributed by atoms with Gasteiger partial charge < -0.3 is 0 Å². The highest BCUT2D eigenvalue weighted by molar-refractivity contribution is 5.34. The second-order valence-electron chi connectivity index (χ2n) is 15.0. The zero-order valence-electron chi connectivity index (χ0n) is 31.7. The van der Waals surface area contributed by atoms with E-state index in [9.17, 15) is 0 Å². The molecule has 0 nitrogen and oxygen atoms in total. The van der Waals surface area contributed by atoms with E-state index >= 15 is 0 Å². The van der Waals surface area contributed by atoms with Crippen LogP contribution in [0.4, 0.5) is 0 Å². The summed E-state index contributed by atoms with van der Waals surface area (Å²) in [5.74, 6) is 0. The van der Waals surface area contributed by atoms with Crippen molar-refractivity contribution in [3.63, 3.8) is 0 Å². The molecule has 0 heterocycles. The second kappa shape index (κ2) is 34.6. The molecule has 264 valence electrons. The van der Waals surface area contributed by atoms with Crippen LogP contribution in [-0.4, -0.2) is 0 Å². The van der Waals surface area contributed by atoms with Crippen molar-refractivity contribution >= 4 is 0 Å². The van der Waals surface area contributed by atoms with Crippen molar-refractivity contribution < 1.29 is 0 Å². The summed E-state index contributed by atoms with van der Waals surface area (Å²) in [4.78, 5) is 0. The minimum atomic E-state index is 1.29. The van der Waals surface area contributed by atoms with Crippen molar-refractivity contribution in [3.05, 3.63) is 34.9 Å². The zero-order chi connectivity index (χ0) is 32.3. The maximum absolute atomic E-state index is 2.40. The third-order valence-electron chi connectivity index (χ3n) is 10.7. The fourth-order valence-corrected chi connectivity index (χ4v) is 7.36. The lowest BCUT2D eigenvalue weighted by molar-refractivity contribution is 0.527. The molecular formula is C45H84. The van der Waals surface area contributed by atoms with Gasteiger partial charge in [0.15, 0.2) is 0 Å². The molecule has 0 saturated carbocycles. The summed E-state index contributed by atoms with van der Waals surface area (Å²) in [5, 5.41) is 0. The van der Waals surface area contributed by atoms with E-state index in [0.29, 0.717) is 0 Å². The van der Waals surface area contributed by atoms with Crippen LogP contribution in [0.3, 0.4) is 0 Å². The summed E-state index contributed by atoms with van der Waals surface area (Å²) < 4.78 is 0. The van der Waals surface area contributed by atoms with E-state index in [0.717, 1.165) is 0 Å². The van der Waals surface area contributed by atoms with Gasteiger partial charge in [-0.05, 0) is 49.3 Å². The first kappa shape index (κ1) is 42.2. The Kier molecular flexibility index (Phi) is 32.4. The molecule has 0 aliphatic rings. The van der Waals surface area contributed by atoms with Gasteiger partial charge in [-0.3, -0.25) is 0 Å². The Balaban J connectivity index is 1.90. The molecule has 0 N–H and O–H groups in total. The fourth-order valence-electron chi connectivity index (χ4n) is 7.36. The Morgan fingerprint density at radius 3 is 0.711 bits per heavy atom. The van der Waals surface area contributed by atoms with E-state index in [1.165, 1.54) is 231 Å². The van der Waals surface area contributed by atoms with Crippen LogP contribution >= 0.6 is 0 Å². The van der Waals surface area contributed by atoms with Crippen LogP contribution < -0.4 is 0 Å². The van der Waals surface area contributed by atoms with Gasteiger partial charge in [0, 0.05) is 0 Å². The topological polar surface area (TPSA) is 0 Å². The van der Waals surface area contributed by atoms with Crippen LogP contribution in [0, 0.1) is 6.92 Å². The van der Waals surface area contributed by atoms with Crippen molar-refractivity contribution in [2.75, 3.05) is 0 Å². The lowest BCUT2D eigenvalue weighted by Gasteiger charge is -2.12. The van der Waals surface area contributed by atoms with Crippen LogP contribution in [0.2, 0.25) is 0 Å². The minimum absolute atomic E-state index is 1.29. The highest BCUT2D eigenvalue weighted by atomic mass is 14.1. The monoisotopic (exact) mass is 625 g/mol. The maximum Gasteiger partial charge on any atom is -0.0276 e. The van der Waals surface area contributed by atoms with Gasteiger partial charge in [0.2, 0.25) is 0 Å². The largest absolute Gasteiger partial charge is 0.0654 e. The van der Waals surface area contributed by atoms with Crippen molar-refractivity contribution in [3.8, 4) is 0 Å². The van der Waals surface area contributed by atoms with Crippen molar-refractivity contribution in [2.24, 2.45) is 0 Å². The van der Waals surface area contributed by atoms with Crippen molar-refractivity contribution in [2.45, 2.75) is 252 Å². The van der Waals surface area contributed by atoms with Gasteiger partial charge in [0.1, 0.15) is 0 Å². The van der Waals surface area contributed by atoms with Gasteiger partial charge in [-0.15, -0.1) is 0 Å². The van der Waals surface area contributed by atoms with Gasteiger partial charge >= 0.3 is 0 Å². The summed E-state index contributed by atoms with van der Waals surface area (Å²) in [6.45, 7) is 7.01. The Hall–Kier alpha value is -0.780. The van der Waals surface area contributed by atoms with Gasteiger partial charge in [-0.25, -0.2) is 0 Å². The Bertz CT molecular complexity index is 646. The number of rotatable bonds is 36. The maximum atomic E-state index is 2.40. The Labute approximate surface area is 286 Å². The molecule has 0 radical (unpaired) electrons. The van der Waals surface area contributed by atoms with Crippen molar-refractivity contribution in [1.82, 2.24) is 0 Å². The number of unbranched alkanes of at least 4 members (excludes halogenated alkanes) is 32. The molecule has 0 atom stereocenters. The van der Waals surface area contributed by atoms with Crippen LogP contribution in [0.25, 0.3) is 0 Å². The van der Waals surface area contributed by atoms with E-state index in [2.05, 4.69) is 39.0 Å². The number of benzene rings is 1. The second-order valence-corrected chi connectivity index (χ2v) is 15.0. The van der Waals surface area contributed by atoms with E-state index in [1.807, 2.05) is 0 Å². The molecule has 1 rings (SSSR count). The van der Waals surface area contributed by atoms with Crippen molar-refractivity contribution in [1.29, 1.82) is 0 Å². The molecule has 0 fully saturated rings. The number of aryl methyl sites for hydroxylation is 2. The molecule has 1 aromatic rings. The number of hydrogen-bond acceptors (Lipinski definition) is 0. The van der Waals surface area contributed by atoms with Crippen LogP contribution in [0.15, 0.2) is 18.2 Å². The first-order valence-corrected chi connectivity index (χ1v) is 21.4. The van der Waals surface area contributed by atoms with Gasteiger partial charge in [-0.1, -0.05) is 238 Å². The summed E-state index contributed by atoms with van der Waals surface area (Å²) >= 11 is 0. The van der Waals surface area contributed by atoms with Crippen LogP contribution in [-0.2, 0) is 12.8 Å². The SMILES string of the molecule is CCCCCCCCCCCCCCCCCCCc1cccc(CCCCCCCCCCCCCCCCCCC)c1C. The molecule has 0 spiro atoms. The molecule has 0 amide bonds. The summed E-state index contributed by atoms with van der Waals surface area (Å²) in [6.07, 6.45) is 52.0. The molecule has 1 aromatic carbocycles. The molecule has 0 heteroatoms. The Morgan fingerprint density at radius 1 is 0.289 bits per heavy atom. The predicted octanol–water partition coefficient (Wildman–Crippen LogP) is 16.4. The predicted molar refractivity (Wildman–Crippen MR) is 207 cm³/mol. The molecule has 0 unspecified atom stereocenters. The molecule has 0 aliphatic heterocycles. The smallest absolute Gasteiger partial charge is 0.0276 e. The van der Waals surface area contributed by atoms with Gasteiger partial charge in [-0.2, -0.15) is 0 Å². The van der Waals surface area contributed by atoms with Crippen LogP contribution in [0.1, 0.15) is 249 Å². The highest BCUT2D eigenvalue weighted by Crippen LogP contribution is 2.21. The molecule has 0 aliphatic carbocycles. The molecule has 0 saturated heterocycles. The normalized spacial score (nSPS) is 11.5. The van der Waals surface area contributed by atoms with E-state index in [1.54, 1.807) is 16.7 Å². The Morgan fingerprint density at radius 2 is 0.489 bits per heavy atom. The summed E-state index contributed by atoms with van der Waals surface area (Å²) in [7, 11) is 0. The summed E-state index contributed by atoms with van der Waals surface area (Å²) in [6, 6.07) is 7.14. The van der Waals surface area contributed by atoms with E-state index in [-0.39, 0.29) is 0 Å². The first-order valence-electron chi connectivity index (χ1n) is 21.4. The highest BCUT2D eigenvalue weighted by Gasteiger charge is 2.05. The third kappa shape index (κ3) is 28.0. The van der Waals surface area contributed by atoms with Gasteiger partial charge in [0.05, 0.1) is 0 Å². The third-order valence-corrected chi connectivity index (χ3v) is 10.7. The summed E-state index contributed by atoms with van der Waals surface area (Å²) in [5.41, 5.74) is 4.85. The molecule has 45 heavy (non-hydrogen) atoms. The fraction of sp³-hybridized carbons (Fsp3) is 0.867. The molecule has 0 bridgehead atoms. The standard InChI is InChI=1S/C45H84/c1-4-6-8-10-12-14-16-18-20-22-24-26-28-30-32-34-36-39-44-41-38-42-45(43(44)3)40-37-35-33-31-29-27-25-23-21-19-17-15-13-11-9-7-5-2/h38,41-42H,4-37,39-40H2,1-3H3. The molecule has 0 aromatic heterocycles. The van der Waals surface area contributed by atoms with Gasteiger partial charge in [0.25, 0.3) is 0 Å². The average molecular weight is 625 g/mol. The molecular weight excluding hydrogens is 540 g/mol. The lowest BCUT2D eigenvalue weighted by Crippen LogP contribution is -1.97. The van der Waals surface area contributed by atoms with E-state index < -0.39 is 0 Å². The van der Waals surface area contributed by atoms with E-state index in [4.69, 9.17) is 0 Å². The first-order chi connectivity index (χ1) is 22.3. The van der Waals surface area contributed by atoms with Crippen LogP contribution in [0.5, 0.6) is 0 Å². The quantitative estimate of drug-likeness (QED) is 0.0652. The average Bonchev–Trinajstić information content (AvgIpc) is 3.05.